The van der Waals surface area contributed by atoms with Gasteiger partial charge in [-0.25, -0.2) is 0 Å². The lowest BCUT2D eigenvalue weighted by atomic mass is 10.1. The van der Waals surface area contributed by atoms with E-state index in [-0.39, 0.29) is 28.3 Å². The first-order valence-corrected chi connectivity index (χ1v) is 8.48. The highest BCUT2D eigenvalue weighted by molar-refractivity contribution is 6.23. The molecule has 29 heavy (non-hydrogen) atoms. The number of rotatable bonds is 3. The number of fused-ring (bicyclic) bond motifs is 1. The molecule has 9 nitrogen and oxygen atoms in total. The molecule has 5 N–H and O–H groups in total. The van der Waals surface area contributed by atoms with Crippen LogP contribution in [0.1, 0.15) is 31.1 Å². The Hall–Kier alpha value is -4.40. The molecule has 0 spiro atoms. The molecule has 2 aromatic carbocycles. The largest absolute Gasteiger partial charge is 0.507 e. The molecule has 1 aliphatic rings. The third-order valence-electron chi connectivity index (χ3n) is 4.49. The van der Waals surface area contributed by atoms with Gasteiger partial charge in [0.05, 0.1) is 22.4 Å². The molecule has 0 bridgehead atoms. The molecule has 3 amide bonds. The number of nitrogens with zero attached hydrogens (tertiary/aromatic N) is 1. The van der Waals surface area contributed by atoms with Gasteiger partial charge in [0.2, 0.25) is 0 Å². The van der Waals surface area contributed by atoms with Gasteiger partial charge in [-0.1, -0.05) is 12.1 Å². The van der Waals surface area contributed by atoms with Crippen LogP contribution in [0.3, 0.4) is 0 Å². The number of hydrogen-bond acceptors (Lipinski definition) is 6. The molecule has 3 aromatic rings. The third-order valence-corrected chi connectivity index (χ3v) is 4.49. The fraction of sp³-hybridized carbons (Fsp3) is 0. The summed E-state index contributed by atoms with van der Waals surface area (Å²) in [5.74, 6) is -2.13. The second-order valence-electron chi connectivity index (χ2n) is 6.29. The number of amides is 3. The van der Waals surface area contributed by atoms with E-state index in [4.69, 9.17) is 5.73 Å². The summed E-state index contributed by atoms with van der Waals surface area (Å²) in [5.41, 5.74) is 6.19. The van der Waals surface area contributed by atoms with Gasteiger partial charge in [-0.15, -0.1) is 0 Å². The Morgan fingerprint density at radius 2 is 1.69 bits per heavy atom. The van der Waals surface area contributed by atoms with Crippen molar-refractivity contribution >= 4 is 29.2 Å². The van der Waals surface area contributed by atoms with Crippen molar-refractivity contribution in [3.63, 3.8) is 0 Å². The Morgan fingerprint density at radius 3 is 2.38 bits per heavy atom. The third kappa shape index (κ3) is 3.00. The molecule has 0 aliphatic carbocycles. The number of benzene rings is 2. The van der Waals surface area contributed by atoms with E-state index in [1.807, 2.05) is 0 Å². The number of hydrogen-bond donors (Lipinski definition) is 4. The topological polar surface area (TPSA) is 144 Å². The van der Waals surface area contributed by atoms with E-state index in [9.17, 15) is 24.3 Å². The van der Waals surface area contributed by atoms with Crippen LogP contribution in [0, 0.1) is 0 Å². The van der Waals surface area contributed by atoms with Gasteiger partial charge in [0.1, 0.15) is 11.6 Å². The molecule has 1 aromatic heterocycles. The minimum absolute atomic E-state index is 0.0495. The van der Waals surface area contributed by atoms with Crippen LogP contribution in [-0.2, 0) is 0 Å². The lowest BCUT2D eigenvalue weighted by Gasteiger charge is -2.13. The Kier molecular flexibility index (Phi) is 4.12. The number of phenols is 1. The number of phenolic OH excluding ortho intramolecular Hbond substituents is 1. The SMILES string of the molecule is Nc1c2c(cc(=O)n1-c1ccc(NC(=O)c3ccccc3O)cc1)C(=O)NC2=O. The molecule has 4 rings (SSSR count). The molecule has 0 fully saturated rings. The lowest BCUT2D eigenvalue weighted by Crippen LogP contribution is -2.24. The zero-order valence-electron chi connectivity index (χ0n) is 14.8. The number of para-hydroxylation sites is 1. The van der Waals surface area contributed by atoms with Gasteiger partial charge in [-0.05, 0) is 36.4 Å². The second-order valence-corrected chi connectivity index (χ2v) is 6.29. The number of carbonyl (C=O) groups excluding carboxylic acids is 3. The quantitative estimate of drug-likeness (QED) is 0.496. The van der Waals surface area contributed by atoms with Crippen LogP contribution < -0.4 is 21.9 Å². The predicted molar refractivity (Wildman–Crippen MR) is 104 cm³/mol. The zero-order chi connectivity index (χ0) is 20.7. The van der Waals surface area contributed by atoms with E-state index in [0.29, 0.717) is 11.4 Å². The van der Waals surface area contributed by atoms with E-state index < -0.39 is 23.3 Å². The van der Waals surface area contributed by atoms with Crippen molar-refractivity contribution in [1.29, 1.82) is 0 Å². The van der Waals surface area contributed by atoms with Crippen molar-refractivity contribution in [2.24, 2.45) is 0 Å². The summed E-state index contributed by atoms with van der Waals surface area (Å²) in [7, 11) is 0. The summed E-state index contributed by atoms with van der Waals surface area (Å²) in [6.07, 6.45) is 0. The maximum atomic E-state index is 12.4. The van der Waals surface area contributed by atoms with E-state index in [1.54, 1.807) is 12.1 Å². The molecule has 0 saturated heterocycles. The number of aromatic hydroxyl groups is 1. The van der Waals surface area contributed by atoms with Crippen molar-refractivity contribution in [2.75, 3.05) is 11.1 Å². The zero-order valence-corrected chi connectivity index (χ0v) is 14.8. The number of nitrogen functional groups attached to an aromatic ring is 1. The Balaban J connectivity index is 1.66. The highest BCUT2D eigenvalue weighted by atomic mass is 16.3. The molecular formula is C20H14N4O5. The Morgan fingerprint density at radius 1 is 1.00 bits per heavy atom. The fourth-order valence-corrected chi connectivity index (χ4v) is 3.10. The average molecular weight is 390 g/mol. The Bertz CT molecular complexity index is 1240. The molecule has 144 valence electrons. The summed E-state index contributed by atoms with van der Waals surface area (Å²) >= 11 is 0. The molecule has 1 aliphatic heterocycles. The highest BCUT2D eigenvalue weighted by Gasteiger charge is 2.31. The van der Waals surface area contributed by atoms with Crippen LogP contribution in [0.4, 0.5) is 11.5 Å². The molecule has 9 heteroatoms. The monoisotopic (exact) mass is 390 g/mol. The van der Waals surface area contributed by atoms with Crippen molar-refractivity contribution < 1.29 is 19.5 Å². The summed E-state index contributed by atoms with van der Waals surface area (Å²) < 4.78 is 1.10. The highest BCUT2D eigenvalue weighted by Crippen LogP contribution is 2.24. The van der Waals surface area contributed by atoms with Crippen LogP contribution >= 0.6 is 0 Å². The van der Waals surface area contributed by atoms with Gasteiger partial charge in [-0.3, -0.25) is 29.1 Å². The maximum absolute atomic E-state index is 12.4. The van der Waals surface area contributed by atoms with Crippen molar-refractivity contribution in [3.05, 3.63) is 81.6 Å². The van der Waals surface area contributed by atoms with E-state index in [1.165, 1.54) is 36.4 Å². The second kappa shape index (κ2) is 6.64. The lowest BCUT2D eigenvalue weighted by molar-refractivity contribution is 0.0879. The maximum Gasteiger partial charge on any atom is 0.262 e. The van der Waals surface area contributed by atoms with Crippen LogP contribution in [0.2, 0.25) is 0 Å². The summed E-state index contributed by atoms with van der Waals surface area (Å²) in [5, 5.41) is 14.5. The van der Waals surface area contributed by atoms with Gasteiger partial charge in [0.15, 0.2) is 0 Å². The predicted octanol–water partition coefficient (Wildman–Crippen LogP) is 1.26. The fourth-order valence-electron chi connectivity index (χ4n) is 3.10. The molecule has 0 unspecified atom stereocenters. The van der Waals surface area contributed by atoms with Crippen LogP contribution in [0.25, 0.3) is 5.69 Å². The molecule has 0 radical (unpaired) electrons. The van der Waals surface area contributed by atoms with Gasteiger partial charge in [-0.2, -0.15) is 0 Å². The molecular weight excluding hydrogens is 376 g/mol. The van der Waals surface area contributed by atoms with Gasteiger partial charge >= 0.3 is 0 Å². The number of nitrogens with one attached hydrogen (secondary N) is 2. The van der Waals surface area contributed by atoms with Crippen molar-refractivity contribution in [2.45, 2.75) is 0 Å². The number of imide groups is 1. The number of pyridine rings is 1. The van der Waals surface area contributed by atoms with Crippen molar-refractivity contribution in [3.8, 4) is 11.4 Å². The van der Waals surface area contributed by atoms with Gasteiger partial charge in [0.25, 0.3) is 23.3 Å². The van der Waals surface area contributed by atoms with E-state index in [2.05, 4.69) is 10.6 Å². The van der Waals surface area contributed by atoms with Crippen LogP contribution in [0.15, 0.2) is 59.4 Å². The number of nitrogens with two attached hydrogens (primary N) is 1. The Labute approximate surface area is 163 Å². The van der Waals surface area contributed by atoms with Gasteiger partial charge < -0.3 is 16.2 Å². The van der Waals surface area contributed by atoms with E-state index >= 15 is 0 Å². The summed E-state index contributed by atoms with van der Waals surface area (Å²) in [4.78, 5) is 48.4. The van der Waals surface area contributed by atoms with E-state index in [0.717, 1.165) is 10.6 Å². The smallest absolute Gasteiger partial charge is 0.262 e. The van der Waals surface area contributed by atoms with Crippen molar-refractivity contribution in [1.82, 2.24) is 9.88 Å². The first kappa shape index (κ1) is 18.0. The first-order valence-electron chi connectivity index (χ1n) is 8.48. The van der Waals surface area contributed by atoms with Crippen LogP contribution in [-0.4, -0.2) is 27.4 Å². The molecule has 2 heterocycles. The summed E-state index contributed by atoms with van der Waals surface area (Å²) in [6.45, 7) is 0. The summed E-state index contributed by atoms with van der Waals surface area (Å²) in [6, 6.07) is 13.3. The van der Waals surface area contributed by atoms with Gasteiger partial charge in [0, 0.05) is 11.8 Å². The molecule has 0 atom stereocenters. The normalized spacial score (nSPS) is 12.4. The minimum atomic E-state index is -0.664. The number of aromatic nitrogens is 1. The number of carbonyl (C=O) groups is 3. The standard InChI is InChI=1S/C20H14N4O5/c21-17-16-13(19(28)23-20(16)29)9-15(26)24(17)11-7-5-10(6-8-11)22-18(27)12-3-1-2-4-14(12)25/h1-9,25H,21H2,(H,22,27)(H,23,28,29). The average Bonchev–Trinajstić information content (AvgIpc) is 2.97. The molecule has 0 saturated carbocycles. The number of anilines is 2. The first-order chi connectivity index (χ1) is 13.9. The minimum Gasteiger partial charge on any atom is -0.507 e. The van der Waals surface area contributed by atoms with Crippen LogP contribution in [0.5, 0.6) is 5.75 Å².